The first-order chi connectivity index (χ1) is 10.2. The van der Waals surface area contributed by atoms with Crippen molar-refractivity contribution < 1.29 is 9.13 Å². The summed E-state index contributed by atoms with van der Waals surface area (Å²) in [5.41, 5.74) is 1.06. The molecule has 1 unspecified atom stereocenters. The summed E-state index contributed by atoms with van der Waals surface area (Å²) in [6.07, 6.45) is 8.54. The second kappa shape index (κ2) is 8.38. The summed E-state index contributed by atoms with van der Waals surface area (Å²) in [7, 11) is 0. The van der Waals surface area contributed by atoms with E-state index in [1.54, 1.807) is 6.07 Å². The van der Waals surface area contributed by atoms with E-state index in [1.807, 2.05) is 6.07 Å². The van der Waals surface area contributed by atoms with Gasteiger partial charge in [-0.25, -0.2) is 4.39 Å². The maximum Gasteiger partial charge on any atom is 0.127 e. The number of nitrogens with one attached hydrogen (secondary N) is 1. The van der Waals surface area contributed by atoms with Crippen molar-refractivity contribution in [2.75, 3.05) is 6.54 Å². The zero-order valence-corrected chi connectivity index (χ0v) is 13.3. The molecule has 1 saturated carbocycles. The monoisotopic (exact) mass is 293 g/mol. The maximum absolute atomic E-state index is 13.6. The molecular formula is C18H28FNO. The fraction of sp³-hybridized carbons (Fsp3) is 0.667. The lowest BCUT2D eigenvalue weighted by Crippen LogP contribution is -2.22. The van der Waals surface area contributed by atoms with E-state index in [4.69, 9.17) is 4.74 Å². The Morgan fingerprint density at radius 2 is 1.95 bits per heavy atom. The van der Waals surface area contributed by atoms with E-state index in [2.05, 4.69) is 19.2 Å². The van der Waals surface area contributed by atoms with Crippen LogP contribution in [-0.4, -0.2) is 12.6 Å². The first-order valence-corrected chi connectivity index (χ1v) is 8.40. The molecule has 0 aromatic heterocycles. The number of hydrogen-bond donors (Lipinski definition) is 1. The van der Waals surface area contributed by atoms with Crippen molar-refractivity contribution in [1.82, 2.24) is 5.32 Å². The average Bonchev–Trinajstić information content (AvgIpc) is 2.73. The van der Waals surface area contributed by atoms with Crippen LogP contribution in [0.25, 0.3) is 0 Å². The summed E-state index contributed by atoms with van der Waals surface area (Å²) in [6.45, 7) is 5.22. The van der Waals surface area contributed by atoms with E-state index >= 15 is 0 Å². The summed E-state index contributed by atoms with van der Waals surface area (Å²) in [4.78, 5) is 0. The molecule has 2 rings (SSSR count). The second-order valence-electron chi connectivity index (χ2n) is 6.09. The van der Waals surface area contributed by atoms with Crippen LogP contribution in [0, 0.1) is 5.82 Å². The van der Waals surface area contributed by atoms with Crippen LogP contribution in [0.1, 0.15) is 70.4 Å². The van der Waals surface area contributed by atoms with Crippen LogP contribution in [0.2, 0.25) is 0 Å². The Bertz CT molecular complexity index is 427. The SMILES string of the molecule is CCCNC(C)c1ccc(F)cc1OC1CCCCCC1. The number of ether oxygens (including phenoxy) is 1. The van der Waals surface area contributed by atoms with E-state index in [0.29, 0.717) is 0 Å². The average molecular weight is 293 g/mol. The Balaban J connectivity index is 2.10. The first kappa shape index (κ1) is 16.3. The van der Waals surface area contributed by atoms with Crippen LogP contribution >= 0.6 is 0 Å². The molecule has 0 amide bonds. The highest BCUT2D eigenvalue weighted by Gasteiger charge is 2.18. The second-order valence-corrected chi connectivity index (χ2v) is 6.09. The quantitative estimate of drug-likeness (QED) is 0.746. The molecule has 118 valence electrons. The molecule has 0 bridgehead atoms. The third-order valence-corrected chi connectivity index (χ3v) is 4.24. The minimum Gasteiger partial charge on any atom is -0.490 e. The molecule has 2 nitrogen and oxygen atoms in total. The fourth-order valence-corrected chi connectivity index (χ4v) is 2.98. The van der Waals surface area contributed by atoms with Crippen molar-refractivity contribution in [2.45, 2.75) is 70.9 Å². The van der Waals surface area contributed by atoms with Crippen LogP contribution in [-0.2, 0) is 0 Å². The van der Waals surface area contributed by atoms with E-state index < -0.39 is 0 Å². The predicted molar refractivity (Wildman–Crippen MR) is 85.2 cm³/mol. The van der Waals surface area contributed by atoms with Crippen LogP contribution in [0.4, 0.5) is 4.39 Å². The van der Waals surface area contributed by atoms with Gasteiger partial charge in [0.15, 0.2) is 0 Å². The van der Waals surface area contributed by atoms with Gasteiger partial charge in [0.05, 0.1) is 6.10 Å². The van der Waals surface area contributed by atoms with Crippen molar-refractivity contribution in [1.29, 1.82) is 0 Å². The van der Waals surface area contributed by atoms with Crippen LogP contribution in [0.5, 0.6) is 5.75 Å². The fourth-order valence-electron chi connectivity index (χ4n) is 2.98. The van der Waals surface area contributed by atoms with Crippen molar-refractivity contribution in [3.8, 4) is 5.75 Å². The molecule has 1 fully saturated rings. The normalized spacial score (nSPS) is 18.2. The van der Waals surface area contributed by atoms with Gasteiger partial charge in [-0.05, 0) is 51.6 Å². The molecular weight excluding hydrogens is 265 g/mol. The Morgan fingerprint density at radius 1 is 1.24 bits per heavy atom. The standard InChI is InChI=1S/C18H28FNO/c1-3-12-20-14(2)17-11-10-15(19)13-18(17)21-16-8-6-4-5-7-9-16/h10-11,13-14,16,20H,3-9,12H2,1-2H3. The van der Waals surface area contributed by atoms with Gasteiger partial charge in [0.25, 0.3) is 0 Å². The van der Waals surface area contributed by atoms with Gasteiger partial charge in [-0.15, -0.1) is 0 Å². The molecule has 21 heavy (non-hydrogen) atoms. The summed E-state index contributed by atoms with van der Waals surface area (Å²) >= 11 is 0. The van der Waals surface area contributed by atoms with E-state index in [9.17, 15) is 4.39 Å². The molecule has 0 heterocycles. The number of hydrogen-bond acceptors (Lipinski definition) is 2. The molecule has 1 aromatic carbocycles. The van der Waals surface area contributed by atoms with Gasteiger partial charge in [0.1, 0.15) is 11.6 Å². The zero-order valence-electron chi connectivity index (χ0n) is 13.3. The lowest BCUT2D eigenvalue weighted by Gasteiger charge is -2.22. The van der Waals surface area contributed by atoms with Crippen LogP contribution < -0.4 is 10.1 Å². The lowest BCUT2D eigenvalue weighted by molar-refractivity contribution is 0.180. The van der Waals surface area contributed by atoms with Crippen molar-refractivity contribution in [2.24, 2.45) is 0 Å². The first-order valence-electron chi connectivity index (χ1n) is 8.40. The Morgan fingerprint density at radius 3 is 2.62 bits per heavy atom. The molecule has 1 aliphatic rings. The van der Waals surface area contributed by atoms with Crippen LogP contribution in [0.15, 0.2) is 18.2 Å². The third kappa shape index (κ3) is 4.99. The summed E-state index contributed by atoms with van der Waals surface area (Å²) in [6, 6.07) is 5.12. The van der Waals surface area contributed by atoms with E-state index in [0.717, 1.165) is 37.1 Å². The Labute approximate surface area is 128 Å². The molecule has 0 radical (unpaired) electrons. The Kier molecular flexibility index (Phi) is 6.50. The van der Waals surface area contributed by atoms with Crippen molar-refractivity contribution in [3.05, 3.63) is 29.6 Å². The van der Waals surface area contributed by atoms with E-state index in [1.165, 1.54) is 31.7 Å². The molecule has 0 saturated heterocycles. The molecule has 0 spiro atoms. The van der Waals surface area contributed by atoms with E-state index in [-0.39, 0.29) is 18.0 Å². The summed E-state index contributed by atoms with van der Waals surface area (Å²) in [5, 5.41) is 3.46. The molecule has 0 aliphatic heterocycles. The maximum atomic E-state index is 13.6. The molecule has 1 aliphatic carbocycles. The summed E-state index contributed by atoms with van der Waals surface area (Å²) < 4.78 is 19.8. The molecule has 1 aromatic rings. The van der Waals surface area contributed by atoms with Crippen molar-refractivity contribution in [3.63, 3.8) is 0 Å². The van der Waals surface area contributed by atoms with Crippen molar-refractivity contribution >= 4 is 0 Å². The van der Waals surface area contributed by atoms with Gasteiger partial charge >= 0.3 is 0 Å². The highest BCUT2D eigenvalue weighted by atomic mass is 19.1. The van der Waals surface area contributed by atoms with Gasteiger partial charge in [0, 0.05) is 17.7 Å². The topological polar surface area (TPSA) is 21.3 Å². The summed E-state index contributed by atoms with van der Waals surface area (Å²) in [5.74, 6) is 0.503. The molecule has 1 N–H and O–H groups in total. The Hall–Kier alpha value is -1.09. The van der Waals surface area contributed by atoms with Gasteiger partial charge in [0.2, 0.25) is 0 Å². The smallest absolute Gasteiger partial charge is 0.127 e. The highest BCUT2D eigenvalue weighted by Crippen LogP contribution is 2.30. The van der Waals surface area contributed by atoms with Gasteiger partial charge < -0.3 is 10.1 Å². The molecule has 3 heteroatoms. The van der Waals surface area contributed by atoms with Gasteiger partial charge in [-0.3, -0.25) is 0 Å². The number of benzene rings is 1. The van der Waals surface area contributed by atoms with Gasteiger partial charge in [-0.1, -0.05) is 25.8 Å². The zero-order chi connectivity index (χ0) is 15.1. The highest BCUT2D eigenvalue weighted by molar-refractivity contribution is 5.36. The minimum atomic E-state index is -0.218. The lowest BCUT2D eigenvalue weighted by atomic mass is 10.1. The number of rotatable bonds is 6. The van der Waals surface area contributed by atoms with Crippen LogP contribution in [0.3, 0.4) is 0 Å². The number of halogens is 1. The van der Waals surface area contributed by atoms with Gasteiger partial charge in [-0.2, -0.15) is 0 Å². The third-order valence-electron chi connectivity index (χ3n) is 4.24. The minimum absolute atomic E-state index is 0.186. The molecule has 1 atom stereocenters. The predicted octanol–water partition coefficient (Wildman–Crippen LogP) is 4.99. The largest absolute Gasteiger partial charge is 0.490 e.